The van der Waals surface area contributed by atoms with Crippen molar-refractivity contribution in [1.29, 1.82) is 0 Å². The van der Waals surface area contributed by atoms with Crippen LogP contribution in [-0.4, -0.2) is 19.0 Å². The zero-order chi connectivity index (χ0) is 9.61. The summed E-state index contributed by atoms with van der Waals surface area (Å²) in [6, 6.07) is 0. The second-order valence-electron chi connectivity index (χ2n) is 2.55. The van der Waals surface area contributed by atoms with Crippen molar-refractivity contribution in [2.75, 3.05) is 6.54 Å². The van der Waals surface area contributed by atoms with Crippen molar-refractivity contribution in [2.45, 2.75) is 38.7 Å². The zero-order valence-electron chi connectivity index (χ0n) is 7.03. The Bertz CT molecular complexity index is 110. The Morgan fingerprint density at radius 3 is 2.25 bits per heavy atom. The Hall–Kier alpha value is -0.290. The highest BCUT2D eigenvalue weighted by atomic mass is 19.4. The molecule has 74 valence electrons. The third-order valence-corrected chi connectivity index (χ3v) is 1.40. The molecule has 0 amide bonds. The minimum absolute atomic E-state index is 0.223. The van der Waals surface area contributed by atoms with Crippen LogP contribution in [0.3, 0.4) is 0 Å². The maximum absolute atomic E-state index is 11.7. The molecule has 0 fully saturated rings. The Kier molecular flexibility index (Phi) is 5.24. The highest BCUT2D eigenvalue weighted by Gasteiger charge is 2.32. The summed E-state index contributed by atoms with van der Waals surface area (Å²) in [7, 11) is 0. The van der Waals surface area contributed by atoms with Crippen molar-refractivity contribution in [1.82, 2.24) is 0 Å². The number of ether oxygens (including phenoxy) is 1. The molecule has 0 aliphatic rings. The van der Waals surface area contributed by atoms with Gasteiger partial charge in [-0.3, -0.25) is 4.74 Å². The van der Waals surface area contributed by atoms with Crippen LogP contribution in [0.5, 0.6) is 0 Å². The van der Waals surface area contributed by atoms with E-state index in [1.807, 2.05) is 6.92 Å². The fourth-order valence-electron chi connectivity index (χ4n) is 0.959. The molecular weight excluding hydrogens is 171 g/mol. The van der Waals surface area contributed by atoms with Gasteiger partial charge in [-0.05, 0) is 19.4 Å². The first-order valence-electron chi connectivity index (χ1n) is 3.94. The van der Waals surface area contributed by atoms with Gasteiger partial charge in [-0.2, -0.15) is 0 Å². The summed E-state index contributed by atoms with van der Waals surface area (Å²) in [5, 5.41) is 0. The van der Waals surface area contributed by atoms with Crippen molar-refractivity contribution in [3.8, 4) is 0 Å². The molecule has 1 atom stereocenters. The van der Waals surface area contributed by atoms with Crippen molar-refractivity contribution in [2.24, 2.45) is 5.73 Å². The molecule has 0 spiro atoms. The summed E-state index contributed by atoms with van der Waals surface area (Å²) in [5.74, 6) is 0. The van der Waals surface area contributed by atoms with Crippen LogP contribution in [-0.2, 0) is 4.74 Å². The summed E-state index contributed by atoms with van der Waals surface area (Å²) >= 11 is 0. The van der Waals surface area contributed by atoms with E-state index >= 15 is 0 Å². The Morgan fingerprint density at radius 2 is 1.92 bits per heavy atom. The summed E-state index contributed by atoms with van der Waals surface area (Å²) in [4.78, 5) is 0. The van der Waals surface area contributed by atoms with E-state index < -0.39 is 12.5 Å². The van der Waals surface area contributed by atoms with E-state index in [0.29, 0.717) is 12.8 Å². The van der Waals surface area contributed by atoms with Crippen molar-refractivity contribution >= 4 is 0 Å². The lowest BCUT2D eigenvalue weighted by Gasteiger charge is -2.17. The first kappa shape index (κ1) is 11.7. The Balaban J connectivity index is 3.77. The smallest absolute Gasteiger partial charge is 0.330 e. The third-order valence-electron chi connectivity index (χ3n) is 1.40. The SMILES string of the molecule is CCCC(CCN)OC(F)(F)F. The van der Waals surface area contributed by atoms with Gasteiger partial charge in [0.05, 0.1) is 6.10 Å². The van der Waals surface area contributed by atoms with Gasteiger partial charge < -0.3 is 5.73 Å². The summed E-state index contributed by atoms with van der Waals surface area (Å²) in [6.07, 6.45) is -3.99. The van der Waals surface area contributed by atoms with Crippen LogP contribution in [0.2, 0.25) is 0 Å². The molecule has 0 aromatic carbocycles. The first-order chi connectivity index (χ1) is 5.49. The van der Waals surface area contributed by atoms with Crippen LogP contribution in [0.1, 0.15) is 26.2 Å². The van der Waals surface area contributed by atoms with E-state index in [9.17, 15) is 13.2 Å². The molecule has 0 aromatic heterocycles. The molecule has 2 N–H and O–H groups in total. The molecule has 1 unspecified atom stereocenters. The lowest BCUT2D eigenvalue weighted by molar-refractivity contribution is -0.343. The number of hydrogen-bond acceptors (Lipinski definition) is 2. The van der Waals surface area contributed by atoms with Gasteiger partial charge in [-0.1, -0.05) is 13.3 Å². The van der Waals surface area contributed by atoms with E-state index in [1.54, 1.807) is 0 Å². The molecule has 12 heavy (non-hydrogen) atoms. The molecule has 0 aliphatic carbocycles. The number of nitrogens with two attached hydrogens (primary N) is 1. The van der Waals surface area contributed by atoms with Gasteiger partial charge in [0, 0.05) is 0 Å². The second kappa shape index (κ2) is 5.37. The lowest BCUT2D eigenvalue weighted by atomic mass is 10.1. The van der Waals surface area contributed by atoms with E-state index in [0.717, 1.165) is 0 Å². The monoisotopic (exact) mass is 185 g/mol. The molecule has 0 rings (SSSR count). The molecule has 0 saturated carbocycles. The average Bonchev–Trinajstić information content (AvgIpc) is 1.84. The number of alkyl halides is 3. The van der Waals surface area contributed by atoms with Crippen LogP contribution >= 0.6 is 0 Å². The maximum Gasteiger partial charge on any atom is 0.522 e. The van der Waals surface area contributed by atoms with E-state index in [1.165, 1.54) is 0 Å². The van der Waals surface area contributed by atoms with E-state index in [-0.39, 0.29) is 13.0 Å². The van der Waals surface area contributed by atoms with Crippen LogP contribution in [0.25, 0.3) is 0 Å². The molecule has 0 bridgehead atoms. The van der Waals surface area contributed by atoms with Gasteiger partial charge in [0.1, 0.15) is 0 Å². The molecule has 0 radical (unpaired) electrons. The third kappa shape index (κ3) is 6.42. The van der Waals surface area contributed by atoms with Gasteiger partial charge in [0.25, 0.3) is 0 Å². The normalized spacial score (nSPS) is 14.8. The summed E-state index contributed by atoms with van der Waals surface area (Å²) in [5.41, 5.74) is 5.13. The summed E-state index contributed by atoms with van der Waals surface area (Å²) in [6.45, 7) is 2.03. The topological polar surface area (TPSA) is 35.2 Å². The van der Waals surface area contributed by atoms with Crippen LogP contribution < -0.4 is 5.73 Å². The molecule has 0 aromatic rings. The maximum atomic E-state index is 11.7. The fourth-order valence-corrected chi connectivity index (χ4v) is 0.959. The zero-order valence-corrected chi connectivity index (χ0v) is 7.03. The highest BCUT2D eigenvalue weighted by Crippen LogP contribution is 2.22. The van der Waals surface area contributed by atoms with Crippen LogP contribution in [0, 0.1) is 0 Å². The molecule has 0 aliphatic heterocycles. The average molecular weight is 185 g/mol. The predicted octanol–water partition coefficient (Wildman–Crippen LogP) is 2.04. The number of hydrogen-bond donors (Lipinski definition) is 1. The first-order valence-corrected chi connectivity index (χ1v) is 3.94. The van der Waals surface area contributed by atoms with Gasteiger partial charge in [-0.25, -0.2) is 0 Å². The fraction of sp³-hybridized carbons (Fsp3) is 1.00. The quantitative estimate of drug-likeness (QED) is 0.711. The number of halogens is 3. The molecule has 2 nitrogen and oxygen atoms in total. The lowest BCUT2D eigenvalue weighted by Crippen LogP contribution is -2.26. The van der Waals surface area contributed by atoms with Gasteiger partial charge in [0.2, 0.25) is 0 Å². The molecular formula is C7H14F3NO. The minimum Gasteiger partial charge on any atom is -0.330 e. The van der Waals surface area contributed by atoms with Gasteiger partial charge in [0.15, 0.2) is 0 Å². The largest absolute Gasteiger partial charge is 0.522 e. The Morgan fingerprint density at radius 1 is 1.33 bits per heavy atom. The van der Waals surface area contributed by atoms with Crippen LogP contribution in [0.15, 0.2) is 0 Å². The minimum atomic E-state index is -4.53. The summed E-state index contributed by atoms with van der Waals surface area (Å²) < 4.78 is 38.9. The Labute approximate surface area is 69.9 Å². The predicted molar refractivity (Wildman–Crippen MR) is 39.5 cm³/mol. The standard InChI is InChI=1S/C7H14F3NO/c1-2-3-6(4-5-11)12-7(8,9)10/h6H,2-5,11H2,1H3. The van der Waals surface area contributed by atoms with E-state index in [4.69, 9.17) is 5.73 Å². The molecule has 0 saturated heterocycles. The van der Waals surface area contributed by atoms with Gasteiger partial charge >= 0.3 is 6.36 Å². The number of rotatable bonds is 5. The van der Waals surface area contributed by atoms with Crippen molar-refractivity contribution in [3.63, 3.8) is 0 Å². The molecule has 5 heteroatoms. The van der Waals surface area contributed by atoms with Crippen molar-refractivity contribution < 1.29 is 17.9 Å². The van der Waals surface area contributed by atoms with Gasteiger partial charge in [-0.15, -0.1) is 13.2 Å². The van der Waals surface area contributed by atoms with E-state index in [2.05, 4.69) is 4.74 Å². The van der Waals surface area contributed by atoms with Crippen molar-refractivity contribution in [3.05, 3.63) is 0 Å². The highest BCUT2D eigenvalue weighted by molar-refractivity contribution is 4.58. The van der Waals surface area contributed by atoms with Crippen LogP contribution in [0.4, 0.5) is 13.2 Å². The molecule has 0 heterocycles. The second-order valence-corrected chi connectivity index (χ2v) is 2.55.